The monoisotopic (exact) mass is 187 g/mol. The lowest BCUT2D eigenvalue weighted by molar-refractivity contribution is 0.0881. The third-order valence-corrected chi connectivity index (χ3v) is 0.632. The quantitative estimate of drug-likeness (QED) is 0.363. The molecule has 0 fully saturated rings. The van der Waals surface area contributed by atoms with Gasteiger partial charge in [-0.3, -0.25) is 8.74 Å². The molecule has 0 amide bonds. The zero-order valence-corrected chi connectivity index (χ0v) is 7.42. The van der Waals surface area contributed by atoms with Gasteiger partial charge in [0.05, 0.1) is 7.11 Å². The van der Waals surface area contributed by atoms with E-state index in [9.17, 15) is 8.42 Å². The Balaban J connectivity index is 0. The number of nitrogens with two attached hydrogens (primary N) is 1. The lowest BCUT2D eigenvalue weighted by atomic mass is 10.4. The van der Waals surface area contributed by atoms with E-state index in [1.54, 1.807) is 0 Å². The predicted molar refractivity (Wildman–Crippen MR) is 39.0 cm³/mol. The Morgan fingerprint density at radius 2 is 1.55 bits per heavy atom. The van der Waals surface area contributed by atoms with Gasteiger partial charge in [-0.15, -0.1) is 0 Å². The van der Waals surface area contributed by atoms with Crippen LogP contribution < -0.4 is 5.73 Å². The van der Waals surface area contributed by atoms with Gasteiger partial charge in [0, 0.05) is 0 Å². The summed E-state index contributed by atoms with van der Waals surface area (Å²) in [5.41, 5.74) is 3.91. The Bertz CT molecular complexity index is 173. The van der Waals surface area contributed by atoms with Crippen molar-refractivity contribution in [1.29, 1.82) is 0 Å². The first-order valence-corrected chi connectivity index (χ1v) is 3.97. The highest BCUT2D eigenvalue weighted by atomic mass is 32.3. The van der Waals surface area contributed by atoms with Crippen LogP contribution in [-0.2, 0) is 14.6 Å². The van der Waals surface area contributed by atoms with E-state index in [-0.39, 0.29) is 0 Å². The van der Waals surface area contributed by atoms with Gasteiger partial charge in [-0.2, -0.15) is 8.42 Å². The van der Waals surface area contributed by atoms with Crippen LogP contribution in [0, 0.1) is 0 Å². The molecule has 70 valence electrons. The summed E-state index contributed by atoms with van der Waals surface area (Å²) in [4.78, 5) is 0. The van der Waals surface area contributed by atoms with Crippen LogP contribution in [0.1, 0.15) is 13.8 Å². The van der Waals surface area contributed by atoms with Crippen LogP contribution in [0.15, 0.2) is 0 Å². The van der Waals surface area contributed by atoms with Gasteiger partial charge in [-0.25, -0.2) is 0 Å². The van der Waals surface area contributed by atoms with Crippen LogP contribution in [0.5, 0.6) is 0 Å². The number of rotatable bonds is 1. The molecule has 0 radical (unpaired) electrons. The third kappa shape index (κ3) is 76.3. The summed E-state index contributed by atoms with van der Waals surface area (Å²) >= 11 is 0. The molecule has 0 spiro atoms. The highest BCUT2D eigenvalue weighted by Gasteiger charge is 1.98. The average Bonchev–Trinajstić information content (AvgIpc) is 1.59. The molecule has 0 heterocycles. The van der Waals surface area contributed by atoms with Gasteiger partial charge in [-0.1, -0.05) is 0 Å². The molecule has 0 aliphatic carbocycles. The van der Waals surface area contributed by atoms with Crippen molar-refractivity contribution >= 4 is 10.4 Å². The summed E-state index contributed by atoms with van der Waals surface area (Å²) in [5.74, 6) is 0. The molecule has 0 aromatic carbocycles. The molecule has 0 unspecified atom stereocenters. The summed E-state index contributed by atoms with van der Waals surface area (Å²) in [6.07, 6.45) is 0. The van der Waals surface area contributed by atoms with Crippen molar-refractivity contribution < 1.29 is 22.3 Å². The standard InChI is InChI=1S/C3H9NO.CH4O4S/c1-3(2,4)5;1-5-6(2,3)4/h5H,4H2,1-2H3;1H3,(H,2,3,4). The Kier molecular flexibility index (Phi) is 5.63. The molecule has 6 nitrogen and oxygen atoms in total. The molecule has 0 atom stereocenters. The normalized spacial score (nSPS) is 11.8. The predicted octanol–water partition coefficient (Wildman–Crippen LogP) is -0.891. The maximum atomic E-state index is 9.33. The average molecular weight is 187 g/mol. The molecule has 7 heteroatoms. The summed E-state index contributed by atoms with van der Waals surface area (Å²) in [5, 5.41) is 8.30. The van der Waals surface area contributed by atoms with Crippen molar-refractivity contribution in [3.8, 4) is 0 Å². The van der Waals surface area contributed by atoms with Crippen molar-refractivity contribution in [3.05, 3.63) is 0 Å². The minimum atomic E-state index is -4.16. The van der Waals surface area contributed by atoms with Gasteiger partial charge in [-0.05, 0) is 13.8 Å². The van der Waals surface area contributed by atoms with Gasteiger partial charge >= 0.3 is 10.4 Å². The van der Waals surface area contributed by atoms with E-state index in [1.165, 1.54) is 13.8 Å². The summed E-state index contributed by atoms with van der Waals surface area (Å²) in [6.45, 7) is 3.04. The Morgan fingerprint density at radius 3 is 1.55 bits per heavy atom. The summed E-state index contributed by atoms with van der Waals surface area (Å²) in [7, 11) is -3.29. The van der Waals surface area contributed by atoms with Crippen molar-refractivity contribution in [2.75, 3.05) is 7.11 Å². The summed E-state index contributed by atoms with van der Waals surface area (Å²) < 4.78 is 29.7. The first-order chi connectivity index (χ1) is 4.56. The third-order valence-electron chi connectivity index (χ3n) is 0.211. The van der Waals surface area contributed by atoms with Gasteiger partial charge in [0.2, 0.25) is 0 Å². The Hall–Kier alpha value is -0.210. The molecule has 0 aliphatic heterocycles. The minimum Gasteiger partial charge on any atom is -0.377 e. The first kappa shape index (κ1) is 13.4. The zero-order chi connectivity index (χ0) is 9.71. The van der Waals surface area contributed by atoms with E-state index in [2.05, 4.69) is 4.18 Å². The van der Waals surface area contributed by atoms with Crippen molar-refractivity contribution in [2.45, 2.75) is 19.6 Å². The smallest absolute Gasteiger partial charge is 0.377 e. The van der Waals surface area contributed by atoms with Crippen LogP contribution in [0.2, 0.25) is 0 Å². The van der Waals surface area contributed by atoms with Crippen LogP contribution in [-0.4, -0.2) is 30.9 Å². The summed E-state index contributed by atoms with van der Waals surface area (Å²) in [6, 6.07) is 0. The minimum absolute atomic E-state index is 0.870. The Morgan fingerprint density at radius 1 is 1.45 bits per heavy atom. The van der Waals surface area contributed by atoms with Gasteiger partial charge in [0.1, 0.15) is 5.72 Å². The van der Waals surface area contributed by atoms with E-state index in [0.29, 0.717) is 0 Å². The molecular formula is C4H13NO5S. The number of hydrogen-bond acceptors (Lipinski definition) is 5. The van der Waals surface area contributed by atoms with Gasteiger partial charge in [0.25, 0.3) is 0 Å². The molecular weight excluding hydrogens is 174 g/mol. The fraction of sp³-hybridized carbons (Fsp3) is 1.00. The van der Waals surface area contributed by atoms with E-state index >= 15 is 0 Å². The van der Waals surface area contributed by atoms with E-state index < -0.39 is 16.1 Å². The maximum absolute atomic E-state index is 9.33. The van der Waals surface area contributed by atoms with E-state index in [1.807, 2.05) is 0 Å². The van der Waals surface area contributed by atoms with E-state index in [4.69, 9.17) is 15.4 Å². The molecule has 4 N–H and O–H groups in total. The topological polar surface area (TPSA) is 110 Å². The fourth-order valence-corrected chi connectivity index (χ4v) is 0. The second kappa shape index (κ2) is 4.62. The molecule has 0 saturated carbocycles. The van der Waals surface area contributed by atoms with Crippen molar-refractivity contribution in [3.63, 3.8) is 0 Å². The number of aliphatic hydroxyl groups is 1. The molecule has 0 rings (SSSR count). The molecule has 11 heavy (non-hydrogen) atoms. The molecule has 0 aromatic heterocycles. The van der Waals surface area contributed by atoms with Crippen LogP contribution in [0.3, 0.4) is 0 Å². The maximum Gasteiger partial charge on any atom is 0.397 e. The SMILES string of the molecule is CC(C)(N)O.COS(=O)(=O)O. The highest BCUT2D eigenvalue weighted by Crippen LogP contribution is 1.82. The Labute approximate surface area is 65.9 Å². The largest absolute Gasteiger partial charge is 0.397 e. The van der Waals surface area contributed by atoms with Gasteiger partial charge < -0.3 is 10.8 Å². The number of hydrogen-bond donors (Lipinski definition) is 3. The fourth-order valence-electron chi connectivity index (χ4n) is 0. The van der Waals surface area contributed by atoms with Crippen LogP contribution in [0.4, 0.5) is 0 Å². The highest BCUT2D eigenvalue weighted by molar-refractivity contribution is 7.80. The second-order valence-electron chi connectivity index (χ2n) is 2.25. The van der Waals surface area contributed by atoms with Gasteiger partial charge in [0.15, 0.2) is 0 Å². The lowest BCUT2D eigenvalue weighted by Gasteiger charge is -2.05. The van der Waals surface area contributed by atoms with Crippen molar-refractivity contribution in [1.82, 2.24) is 0 Å². The zero-order valence-electron chi connectivity index (χ0n) is 6.60. The van der Waals surface area contributed by atoms with Crippen LogP contribution >= 0.6 is 0 Å². The van der Waals surface area contributed by atoms with E-state index in [0.717, 1.165) is 7.11 Å². The molecule has 0 aromatic rings. The molecule has 0 aliphatic rings. The first-order valence-electron chi connectivity index (χ1n) is 2.60. The molecule has 0 bridgehead atoms. The van der Waals surface area contributed by atoms with Crippen molar-refractivity contribution in [2.24, 2.45) is 5.73 Å². The van der Waals surface area contributed by atoms with Crippen LogP contribution in [0.25, 0.3) is 0 Å². The second-order valence-corrected chi connectivity index (χ2v) is 3.44. The molecule has 0 saturated heterocycles. The lowest BCUT2D eigenvalue weighted by Crippen LogP contribution is -2.30.